The average molecular weight is 685 g/mol. The highest BCUT2D eigenvalue weighted by atomic mass is 31.1. The minimum absolute atomic E-state index is 0.697. The van der Waals surface area contributed by atoms with Gasteiger partial charge in [-0.2, -0.15) is 0 Å². The molecule has 0 aliphatic carbocycles. The zero-order valence-corrected chi connectivity index (χ0v) is 28.9. The number of rotatable bonds is 8. The monoisotopic (exact) mass is 684 g/mol. The predicted molar refractivity (Wildman–Crippen MR) is 212 cm³/mol. The van der Waals surface area contributed by atoms with Gasteiger partial charge in [0.25, 0.3) is 0 Å². The van der Waals surface area contributed by atoms with E-state index in [0.717, 1.165) is 32.9 Å². The van der Waals surface area contributed by atoms with Gasteiger partial charge in [-0.25, -0.2) is 8.78 Å². The van der Waals surface area contributed by atoms with E-state index in [1.165, 1.54) is 33.4 Å². The molecule has 0 saturated heterocycles. The van der Waals surface area contributed by atoms with Crippen LogP contribution < -0.4 is 31.8 Å². The van der Waals surface area contributed by atoms with Crippen LogP contribution in [-0.4, -0.2) is 0 Å². The largest absolute Gasteiger partial charge is 0.204 e. The van der Waals surface area contributed by atoms with Gasteiger partial charge in [0.05, 0.1) is 0 Å². The standard InChI is InChI=1S/C46H32F2P2/c47-41-31-39-40(32-42(41)48)44(34-21-9-2-10-22-34)46(50(37-27-15-5-16-28-37)38-29-17-6-18-30-38)45(43(39)33-19-7-1-8-20-33)49(35-23-11-3-12-24-35)36-25-13-4-14-26-36/h1-32H. The van der Waals surface area contributed by atoms with Crippen LogP contribution in [0.1, 0.15) is 0 Å². The summed E-state index contributed by atoms with van der Waals surface area (Å²) in [7, 11) is -2.44. The van der Waals surface area contributed by atoms with Crippen molar-refractivity contribution in [3.8, 4) is 22.3 Å². The first kappa shape index (κ1) is 32.0. The third kappa shape index (κ3) is 6.07. The Morgan fingerprint density at radius 1 is 0.300 bits per heavy atom. The molecular formula is C46H32F2P2. The van der Waals surface area contributed by atoms with E-state index in [4.69, 9.17) is 0 Å². The Balaban J connectivity index is 1.68. The van der Waals surface area contributed by atoms with Crippen LogP contribution in [-0.2, 0) is 0 Å². The summed E-state index contributed by atoms with van der Waals surface area (Å²) in [5.74, 6) is -1.71. The van der Waals surface area contributed by atoms with Crippen molar-refractivity contribution in [3.63, 3.8) is 0 Å². The van der Waals surface area contributed by atoms with Crippen molar-refractivity contribution in [1.29, 1.82) is 0 Å². The molecule has 0 N–H and O–H groups in total. The van der Waals surface area contributed by atoms with Crippen LogP contribution in [0.4, 0.5) is 8.78 Å². The lowest BCUT2D eigenvalue weighted by molar-refractivity contribution is 0.511. The van der Waals surface area contributed by atoms with E-state index < -0.39 is 27.5 Å². The molecule has 8 aromatic carbocycles. The maximum Gasteiger partial charge on any atom is 0.159 e. The molecule has 0 heterocycles. The minimum atomic E-state index is -1.22. The van der Waals surface area contributed by atoms with Gasteiger partial charge in [-0.15, -0.1) is 0 Å². The fraction of sp³-hybridized carbons (Fsp3) is 0. The van der Waals surface area contributed by atoms with Gasteiger partial charge in [0, 0.05) is 10.6 Å². The van der Waals surface area contributed by atoms with Crippen molar-refractivity contribution in [1.82, 2.24) is 0 Å². The topological polar surface area (TPSA) is 0 Å². The maximum atomic E-state index is 15.7. The number of benzene rings is 8. The van der Waals surface area contributed by atoms with Crippen molar-refractivity contribution in [3.05, 3.63) is 206 Å². The summed E-state index contributed by atoms with van der Waals surface area (Å²) in [5, 5.41) is 8.44. The molecule has 0 unspecified atom stereocenters. The summed E-state index contributed by atoms with van der Waals surface area (Å²) in [6.07, 6.45) is 0. The molecule has 4 heteroatoms. The molecule has 0 spiro atoms. The van der Waals surface area contributed by atoms with E-state index in [0.29, 0.717) is 10.8 Å². The first-order valence-corrected chi connectivity index (χ1v) is 19.3. The second-order valence-corrected chi connectivity index (χ2v) is 16.3. The normalized spacial score (nSPS) is 11.4. The molecule has 8 rings (SSSR count). The second-order valence-electron chi connectivity index (χ2n) is 12.0. The van der Waals surface area contributed by atoms with Gasteiger partial charge in [0.15, 0.2) is 11.6 Å². The highest BCUT2D eigenvalue weighted by Crippen LogP contribution is 2.48. The minimum Gasteiger partial charge on any atom is -0.204 e. The van der Waals surface area contributed by atoms with Crippen molar-refractivity contribution in [2.45, 2.75) is 0 Å². The van der Waals surface area contributed by atoms with Crippen molar-refractivity contribution < 1.29 is 8.78 Å². The van der Waals surface area contributed by atoms with Crippen LogP contribution in [0.15, 0.2) is 194 Å². The fourth-order valence-corrected chi connectivity index (χ4v) is 12.5. The van der Waals surface area contributed by atoms with E-state index in [9.17, 15) is 0 Å². The van der Waals surface area contributed by atoms with E-state index in [2.05, 4.69) is 146 Å². The SMILES string of the molecule is Fc1cc2c(-c3ccccc3)c(P(c3ccccc3)c3ccccc3)c(P(c3ccccc3)c3ccccc3)c(-c3ccccc3)c2cc1F. The molecule has 0 aromatic heterocycles. The van der Waals surface area contributed by atoms with Gasteiger partial charge in [0.2, 0.25) is 0 Å². The summed E-state index contributed by atoms with van der Waals surface area (Å²) < 4.78 is 31.4. The number of halogens is 2. The van der Waals surface area contributed by atoms with Crippen LogP contribution >= 0.6 is 15.8 Å². The number of fused-ring (bicyclic) bond motifs is 1. The maximum absolute atomic E-state index is 15.7. The molecule has 0 atom stereocenters. The number of hydrogen-bond donors (Lipinski definition) is 0. The van der Waals surface area contributed by atoms with Crippen LogP contribution in [0.5, 0.6) is 0 Å². The van der Waals surface area contributed by atoms with Crippen molar-refractivity contribution >= 4 is 58.4 Å². The van der Waals surface area contributed by atoms with Gasteiger partial charge in [-0.3, -0.25) is 0 Å². The quantitative estimate of drug-likeness (QED) is 0.140. The fourth-order valence-electron chi connectivity index (χ4n) is 6.80. The van der Waals surface area contributed by atoms with Gasteiger partial charge in [-0.05, 0) is 82.2 Å². The molecule has 240 valence electrons. The van der Waals surface area contributed by atoms with E-state index in [-0.39, 0.29) is 0 Å². The molecule has 0 saturated carbocycles. The van der Waals surface area contributed by atoms with E-state index in [1.807, 2.05) is 36.4 Å². The molecule has 50 heavy (non-hydrogen) atoms. The molecule has 0 aliphatic rings. The first-order valence-electron chi connectivity index (χ1n) is 16.6. The lowest BCUT2D eigenvalue weighted by Crippen LogP contribution is -2.37. The highest BCUT2D eigenvalue weighted by Gasteiger charge is 2.34. The van der Waals surface area contributed by atoms with Crippen molar-refractivity contribution in [2.75, 3.05) is 0 Å². The molecule has 0 radical (unpaired) electrons. The zero-order valence-electron chi connectivity index (χ0n) is 27.1. The van der Waals surface area contributed by atoms with Crippen LogP contribution in [0.25, 0.3) is 33.0 Å². The zero-order chi connectivity index (χ0) is 33.9. The Morgan fingerprint density at radius 3 is 0.800 bits per heavy atom. The Morgan fingerprint density at radius 2 is 0.540 bits per heavy atom. The third-order valence-corrected chi connectivity index (χ3v) is 14.2. The Hall–Kier alpha value is -5.26. The van der Waals surface area contributed by atoms with Crippen LogP contribution in [0.2, 0.25) is 0 Å². The molecule has 0 fully saturated rings. The number of hydrogen-bond acceptors (Lipinski definition) is 0. The van der Waals surface area contributed by atoms with E-state index >= 15 is 8.78 Å². The van der Waals surface area contributed by atoms with Gasteiger partial charge >= 0.3 is 0 Å². The molecular weight excluding hydrogens is 652 g/mol. The van der Waals surface area contributed by atoms with Gasteiger partial charge in [-0.1, -0.05) is 182 Å². The molecule has 0 amide bonds. The molecule has 8 aromatic rings. The van der Waals surface area contributed by atoms with Crippen LogP contribution in [0.3, 0.4) is 0 Å². The average Bonchev–Trinajstić information content (AvgIpc) is 3.18. The predicted octanol–water partition coefficient (Wildman–Crippen LogP) is 9.97. The second kappa shape index (κ2) is 14.3. The Bertz CT molecular complexity index is 2120. The Kier molecular flexibility index (Phi) is 9.15. The summed E-state index contributed by atoms with van der Waals surface area (Å²) in [6.45, 7) is 0. The Labute approximate surface area is 294 Å². The summed E-state index contributed by atoms with van der Waals surface area (Å²) in [5.41, 5.74) is 3.81. The van der Waals surface area contributed by atoms with Gasteiger partial charge in [0.1, 0.15) is 0 Å². The smallest absolute Gasteiger partial charge is 0.159 e. The van der Waals surface area contributed by atoms with Crippen LogP contribution in [0, 0.1) is 11.6 Å². The summed E-state index contributed by atoms with van der Waals surface area (Å²) >= 11 is 0. The first-order chi connectivity index (χ1) is 24.7. The third-order valence-electron chi connectivity index (χ3n) is 8.93. The summed E-state index contributed by atoms with van der Waals surface area (Å²) in [6, 6.07) is 66.0. The lowest BCUT2D eigenvalue weighted by Gasteiger charge is -2.33. The summed E-state index contributed by atoms with van der Waals surface area (Å²) in [4.78, 5) is 0. The van der Waals surface area contributed by atoms with Gasteiger partial charge < -0.3 is 0 Å². The van der Waals surface area contributed by atoms with Crippen molar-refractivity contribution in [2.24, 2.45) is 0 Å². The highest BCUT2D eigenvalue weighted by molar-refractivity contribution is 7.85. The molecule has 0 aliphatic heterocycles. The lowest BCUT2D eigenvalue weighted by atomic mass is 9.91. The van der Waals surface area contributed by atoms with E-state index in [1.54, 1.807) is 0 Å². The molecule has 0 bridgehead atoms. The molecule has 0 nitrogen and oxygen atoms in total.